The number of Topliss-reactive ketones (excluding diaryl/α,β-unsaturated/α-hetero) is 1. The Hall–Kier alpha value is -3.02. The minimum atomic E-state index is -0.709. The number of aliphatic hydroxyl groups excluding tert-OH is 1. The van der Waals surface area contributed by atoms with Crippen LogP contribution < -0.4 is 4.74 Å². The number of nitrogens with zero attached hydrogens (tertiary/aromatic N) is 1. The summed E-state index contributed by atoms with van der Waals surface area (Å²) < 4.78 is 10.8. The third kappa shape index (κ3) is 2.89. The van der Waals surface area contributed by atoms with Gasteiger partial charge in [-0.15, -0.1) is 0 Å². The molecule has 2 aromatic rings. The van der Waals surface area contributed by atoms with Gasteiger partial charge in [0.05, 0.1) is 18.9 Å². The van der Waals surface area contributed by atoms with Crippen molar-refractivity contribution in [3.05, 3.63) is 59.1 Å². The second-order valence-electron chi connectivity index (χ2n) is 7.34. The van der Waals surface area contributed by atoms with Crippen molar-refractivity contribution in [1.82, 2.24) is 4.90 Å². The smallest absolute Gasteiger partial charge is 0.296 e. The molecule has 6 heteroatoms. The molecule has 1 unspecified atom stereocenters. The minimum Gasteiger partial charge on any atom is -0.507 e. The Balaban J connectivity index is 1.86. The fourth-order valence-corrected chi connectivity index (χ4v) is 4.31. The first-order valence-corrected chi connectivity index (χ1v) is 9.51. The second kappa shape index (κ2) is 7.19. The summed E-state index contributed by atoms with van der Waals surface area (Å²) in [5, 5.41) is 11.1. The van der Waals surface area contributed by atoms with Crippen molar-refractivity contribution >= 4 is 17.4 Å². The summed E-state index contributed by atoms with van der Waals surface area (Å²) in [6.07, 6.45) is 5.27. The third-order valence-electron chi connectivity index (χ3n) is 5.70. The normalized spacial score (nSPS) is 22.2. The highest BCUT2D eigenvalue weighted by molar-refractivity contribution is 6.46. The highest BCUT2D eigenvalue weighted by Gasteiger charge is 2.50. The van der Waals surface area contributed by atoms with Crippen LogP contribution in [0, 0.1) is 6.92 Å². The van der Waals surface area contributed by atoms with Gasteiger partial charge in [0.25, 0.3) is 11.7 Å². The van der Waals surface area contributed by atoms with E-state index in [0.29, 0.717) is 17.1 Å². The summed E-state index contributed by atoms with van der Waals surface area (Å²) in [4.78, 5) is 27.5. The van der Waals surface area contributed by atoms with E-state index in [2.05, 4.69) is 0 Å². The molecule has 0 radical (unpaired) electrons. The van der Waals surface area contributed by atoms with E-state index < -0.39 is 17.7 Å². The number of carbonyl (C=O) groups is 2. The summed E-state index contributed by atoms with van der Waals surface area (Å²) in [7, 11) is 1.57. The zero-order chi connectivity index (χ0) is 19.8. The fourth-order valence-electron chi connectivity index (χ4n) is 4.31. The molecule has 1 N–H and O–H groups in total. The van der Waals surface area contributed by atoms with Crippen molar-refractivity contribution in [2.75, 3.05) is 7.11 Å². The van der Waals surface area contributed by atoms with Crippen LogP contribution in [0.3, 0.4) is 0 Å². The van der Waals surface area contributed by atoms with Crippen molar-refractivity contribution in [3.63, 3.8) is 0 Å². The van der Waals surface area contributed by atoms with Crippen molar-refractivity contribution in [3.8, 4) is 5.75 Å². The molecule has 0 bridgehead atoms. The Morgan fingerprint density at radius 2 is 1.96 bits per heavy atom. The average Bonchev–Trinajstić information content (AvgIpc) is 3.43. The number of ether oxygens (including phenoxy) is 1. The first-order valence-electron chi connectivity index (χ1n) is 9.51. The number of likely N-dealkylation sites (tertiary alicyclic amines) is 1. The van der Waals surface area contributed by atoms with E-state index in [1.165, 1.54) is 6.26 Å². The lowest BCUT2D eigenvalue weighted by Gasteiger charge is -2.29. The van der Waals surface area contributed by atoms with Crippen LogP contribution in [-0.2, 0) is 9.59 Å². The van der Waals surface area contributed by atoms with E-state index in [4.69, 9.17) is 9.15 Å². The van der Waals surface area contributed by atoms with Gasteiger partial charge in [0.2, 0.25) is 0 Å². The third-order valence-corrected chi connectivity index (χ3v) is 5.70. The van der Waals surface area contributed by atoms with Crippen LogP contribution in [0.1, 0.15) is 48.6 Å². The molecule has 2 heterocycles. The maximum atomic E-state index is 13.0. The van der Waals surface area contributed by atoms with Crippen molar-refractivity contribution in [2.45, 2.75) is 44.7 Å². The summed E-state index contributed by atoms with van der Waals surface area (Å²) >= 11 is 0. The number of hydrogen-bond donors (Lipinski definition) is 1. The zero-order valence-electron chi connectivity index (χ0n) is 16.0. The number of ketones is 1. The molecule has 0 spiro atoms. The Kier molecular flexibility index (Phi) is 4.71. The van der Waals surface area contributed by atoms with Crippen molar-refractivity contribution in [1.29, 1.82) is 0 Å². The van der Waals surface area contributed by atoms with Crippen LogP contribution in [0.2, 0.25) is 0 Å². The molecule has 6 nitrogen and oxygen atoms in total. The lowest BCUT2D eigenvalue weighted by Crippen LogP contribution is -2.37. The van der Waals surface area contributed by atoms with Gasteiger partial charge in [-0.1, -0.05) is 12.8 Å². The summed E-state index contributed by atoms with van der Waals surface area (Å²) in [5.74, 6) is -0.274. The Morgan fingerprint density at radius 3 is 2.57 bits per heavy atom. The largest absolute Gasteiger partial charge is 0.507 e. The topological polar surface area (TPSA) is 80.0 Å². The predicted molar refractivity (Wildman–Crippen MR) is 103 cm³/mol. The molecule has 1 amide bonds. The van der Waals surface area contributed by atoms with E-state index in [9.17, 15) is 14.7 Å². The molecular formula is C22H23NO5. The first kappa shape index (κ1) is 18.3. The van der Waals surface area contributed by atoms with Crippen LogP contribution in [0.25, 0.3) is 5.76 Å². The van der Waals surface area contributed by atoms with E-state index in [1.807, 2.05) is 6.92 Å². The number of aliphatic hydroxyl groups is 1. The van der Waals surface area contributed by atoms with Gasteiger partial charge in [-0.3, -0.25) is 9.59 Å². The van der Waals surface area contributed by atoms with Gasteiger partial charge in [-0.25, -0.2) is 0 Å². The summed E-state index contributed by atoms with van der Waals surface area (Å²) in [6.45, 7) is 1.83. The quantitative estimate of drug-likeness (QED) is 0.493. The summed E-state index contributed by atoms with van der Waals surface area (Å²) in [5.41, 5.74) is 1.34. The Morgan fingerprint density at radius 1 is 1.21 bits per heavy atom. The Bertz CT molecular complexity index is 938. The van der Waals surface area contributed by atoms with Gasteiger partial charge in [-0.2, -0.15) is 0 Å². The molecule has 1 aromatic carbocycles. The molecule has 2 aliphatic rings. The van der Waals surface area contributed by atoms with E-state index in [-0.39, 0.29) is 17.4 Å². The monoisotopic (exact) mass is 381 g/mol. The van der Waals surface area contributed by atoms with Crippen LogP contribution in [0.15, 0.2) is 46.6 Å². The van der Waals surface area contributed by atoms with Gasteiger partial charge in [0.1, 0.15) is 23.3 Å². The molecular weight excluding hydrogens is 358 g/mol. The molecule has 1 aromatic heterocycles. The predicted octanol–water partition coefficient (Wildman–Crippen LogP) is 3.96. The van der Waals surface area contributed by atoms with E-state index in [1.54, 1.807) is 42.3 Å². The number of amides is 1. The minimum absolute atomic E-state index is 0.0196. The van der Waals surface area contributed by atoms with Gasteiger partial charge < -0.3 is 19.2 Å². The molecule has 1 aliphatic heterocycles. The van der Waals surface area contributed by atoms with E-state index >= 15 is 0 Å². The molecule has 1 aliphatic carbocycles. The molecule has 4 rings (SSSR count). The highest BCUT2D eigenvalue weighted by Crippen LogP contribution is 2.43. The van der Waals surface area contributed by atoms with Crippen molar-refractivity contribution in [2.24, 2.45) is 0 Å². The van der Waals surface area contributed by atoms with Crippen LogP contribution >= 0.6 is 0 Å². The van der Waals surface area contributed by atoms with Gasteiger partial charge in [-0.05, 0) is 55.7 Å². The number of methoxy groups -OCH3 is 1. The number of furan rings is 1. The van der Waals surface area contributed by atoms with Crippen LogP contribution in [-0.4, -0.2) is 34.8 Å². The lowest BCUT2D eigenvalue weighted by atomic mass is 9.96. The SMILES string of the molecule is COc1ccc(/C(O)=C2/C(=O)C(=O)N(C3CCCC3)C2c2ccco2)c(C)c1. The standard InChI is InChI=1S/C22H23NO5/c1-13-12-15(27-2)9-10-16(13)20(24)18-19(17-8-5-11-28-17)23(22(26)21(18)25)14-6-3-4-7-14/h5,8-12,14,19,24H,3-4,6-7H2,1-2H3/b20-18-. The number of hydrogen-bond acceptors (Lipinski definition) is 5. The molecule has 146 valence electrons. The highest BCUT2D eigenvalue weighted by atomic mass is 16.5. The van der Waals surface area contributed by atoms with Crippen LogP contribution in [0.4, 0.5) is 0 Å². The fraction of sp³-hybridized carbons (Fsp3) is 0.364. The maximum absolute atomic E-state index is 13.0. The Labute approximate surface area is 163 Å². The number of benzene rings is 1. The molecule has 1 saturated heterocycles. The average molecular weight is 381 g/mol. The second-order valence-corrected chi connectivity index (χ2v) is 7.34. The number of aryl methyl sites for hydroxylation is 1. The van der Waals surface area contributed by atoms with E-state index in [0.717, 1.165) is 31.2 Å². The summed E-state index contributed by atoms with van der Waals surface area (Å²) in [6, 6.07) is 7.94. The van der Waals surface area contributed by atoms with Crippen molar-refractivity contribution < 1.29 is 23.8 Å². The molecule has 2 fully saturated rings. The first-order chi connectivity index (χ1) is 13.5. The zero-order valence-corrected chi connectivity index (χ0v) is 16.0. The number of rotatable bonds is 4. The lowest BCUT2D eigenvalue weighted by molar-refractivity contribution is -0.141. The van der Waals surface area contributed by atoms with Gasteiger partial charge in [0.15, 0.2) is 0 Å². The maximum Gasteiger partial charge on any atom is 0.296 e. The van der Waals surface area contributed by atoms with Gasteiger partial charge >= 0.3 is 0 Å². The number of carbonyl (C=O) groups excluding carboxylic acids is 2. The van der Waals surface area contributed by atoms with Gasteiger partial charge in [0, 0.05) is 11.6 Å². The molecule has 28 heavy (non-hydrogen) atoms. The van der Waals surface area contributed by atoms with Crippen LogP contribution in [0.5, 0.6) is 5.75 Å². The molecule has 1 saturated carbocycles. The molecule has 1 atom stereocenters.